The number of hydrogen-bond donors (Lipinski definition) is 0. The number of benzene rings is 2. The zero-order valence-corrected chi connectivity index (χ0v) is 26.5. The zero-order valence-electron chi connectivity index (χ0n) is 26.5. The standard InChI is InChI=1S/2C15H21N3.C4H4O4/c2*1-4-15(17(2)3,12-18-11-10-16-13-18)14-8-6-5-7-9-14;5-3(6)1-2-4(7)8/h2*5-11,13H,4,12H2,1-3H3;1-2H,(H,5,6)(H,7,8)/p-2/b;;2-1-. The first kappa shape index (κ1) is 35.7. The molecule has 2 unspecified atom stereocenters. The van der Waals surface area contributed by atoms with Crippen LogP contribution in [0.4, 0.5) is 0 Å². The number of carboxylic acid groups (broad SMARTS) is 2. The molecule has 4 rings (SSSR count). The number of imidazole rings is 2. The van der Waals surface area contributed by atoms with Gasteiger partial charge in [-0.25, -0.2) is 9.97 Å². The van der Waals surface area contributed by atoms with E-state index in [4.69, 9.17) is 0 Å². The Bertz CT molecular complexity index is 1280. The first-order valence-electron chi connectivity index (χ1n) is 14.5. The van der Waals surface area contributed by atoms with Crippen LogP contribution in [0.15, 0.2) is 110 Å². The molecule has 0 saturated carbocycles. The molecule has 0 aliphatic rings. The summed E-state index contributed by atoms with van der Waals surface area (Å²) in [6.07, 6.45) is 14.4. The number of hydrogen-bond acceptors (Lipinski definition) is 8. The van der Waals surface area contributed by atoms with Crippen molar-refractivity contribution < 1.29 is 19.8 Å². The Hall–Kier alpha value is -4.54. The molecule has 2 aromatic heterocycles. The molecule has 0 fully saturated rings. The van der Waals surface area contributed by atoms with Gasteiger partial charge in [-0.1, -0.05) is 74.5 Å². The van der Waals surface area contributed by atoms with Crippen molar-refractivity contribution in [2.75, 3.05) is 28.2 Å². The molecule has 0 N–H and O–H groups in total. The van der Waals surface area contributed by atoms with Crippen molar-refractivity contribution in [1.29, 1.82) is 0 Å². The van der Waals surface area contributed by atoms with Crippen molar-refractivity contribution in [2.45, 2.75) is 50.9 Å². The summed E-state index contributed by atoms with van der Waals surface area (Å²) in [7, 11) is 8.59. The van der Waals surface area contributed by atoms with Crippen LogP contribution in [-0.4, -0.2) is 69.0 Å². The molecule has 10 heteroatoms. The highest BCUT2D eigenvalue weighted by Crippen LogP contribution is 2.33. The van der Waals surface area contributed by atoms with Crippen molar-refractivity contribution in [3.8, 4) is 0 Å². The Labute approximate surface area is 260 Å². The van der Waals surface area contributed by atoms with E-state index in [2.05, 4.69) is 132 Å². The topological polar surface area (TPSA) is 122 Å². The molecular formula is C34H44N6O4-2. The lowest BCUT2D eigenvalue weighted by molar-refractivity contribution is -0.301. The monoisotopic (exact) mass is 600 g/mol. The number of carboxylic acids is 2. The van der Waals surface area contributed by atoms with Crippen molar-refractivity contribution in [2.24, 2.45) is 0 Å². The van der Waals surface area contributed by atoms with Crippen molar-refractivity contribution in [3.05, 3.63) is 121 Å². The van der Waals surface area contributed by atoms with E-state index in [0.29, 0.717) is 12.2 Å². The average molecular weight is 601 g/mol. The van der Waals surface area contributed by atoms with Crippen LogP contribution in [0.5, 0.6) is 0 Å². The van der Waals surface area contributed by atoms with Gasteiger partial charge in [0.2, 0.25) is 0 Å². The number of nitrogens with zero attached hydrogens (tertiary/aromatic N) is 6. The fraction of sp³-hybridized carbons (Fsp3) is 0.353. The van der Waals surface area contributed by atoms with Crippen LogP contribution in [0.2, 0.25) is 0 Å². The Morgan fingerprint density at radius 3 is 1.25 bits per heavy atom. The Kier molecular flexibility index (Phi) is 14.2. The molecule has 10 nitrogen and oxygen atoms in total. The third-order valence-electron chi connectivity index (χ3n) is 7.87. The van der Waals surface area contributed by atoms with Crippen LogP contribution in [0.1, 0.15) is 37.8 Å². The smallest absolute Gasteiger partial charge is 0.0946 e. The predicted molar refractivity (Wildman–Crippen MR) is 168 cm³/mol. The molecule has 236 valence electrons. The number of carbonyl (C=O) groups excluding carboxylic acids is 2. The van der Waals surface area contributed by atoms with Gasteiger partial charge in [-0.15, -0.1) is 0 Å². The SMILES string of the molecule is CCC(Cn1ccnc1)(c1ccccc1)N(C)C.CCC(Cn1ccnc1)(c1ccccc1)N(C)C.O=C([O-])/C=C\C(=O)[O-]. The van der Waals surface area contributed by atoms with Crippen LogP contribution in [-0.2, 0) is 33.8 Å². The molecule has 0 radical (unpaired) electrons. The van der Waals surface area contributed by atoms with Gasteiger partial charge in [0.05, 0.1) is 35.7 Å². The van der Waals surface area contributed by atoms with Gasteiger partial charge in [0, 0.05) is 37.9 Å². The van der Waals surface area contributed by atoms with Crippen LogP contribution in [0.3, 0.4) is 0 Å². The molecule has 4 aromatic rings. The first-order valence-corrected chi connectivity index (χ1v) is 14.5. The van der Waals surface area contributed by atoms with Gasteiger partial charge in [0.1, 0.15) is 0 Å². The molecule has 0 amide bonds. The summed E-state index contributed by atoms with van der Waals surface area (Å²) in [5, 5.41) is 18.8. The minimum atomic E-state index is -1.55. The lowest BCUT2D eigenvalue weighted by atomic mass is 9.85. The second-order valence-corrected chi connectivity index (χ2v) is 10.7. The summed E-state index contributed by atoms with van der Waals surface area (Å²) in [5.74, 6) is -3.09. The minimum absolute atomic E-state index is 0.0158. The van der Waals surface area contributed by atoms with Gasteiger partial charge < -0.3 is 28.9 Å². The predicted octanol–water partition coefficient (Wildman–Crippen LogP) is 2.54. The van der Waals surface area contributed by atoms with Gasteiger partial charge in [-0.05, 0) is 64.3 Å². The van der Waals surface area contributed by atoms with E-state index in [1.54, 1.807) is 0 Å². The van der Waals surface area contributed by atoms with Crippen LogP contribution >= 0.6 is 0 Å². The third kappa shape index (κ3) is 10.0. The molecule has 0 bridgehead atoms. The van der Waals surface area contributed by atoms with E-state index < -0.39 is 11.9 Å². The molecule has 44 heavy (non-hydrogen) atoms. The zero-order chi connectivity index (χ0) is 32.6. The van der Waals surface area contributed by atoms with Gasteiger partial charge >= 0.3 is 0 Å². The summed E-state index contributed by atoms with van der Waals surface area (Å²) >= 11 is 0. The highest BCUT2D eigenvalue weighted by molar-refractivity contribution is 5.87. The van der Waals surface area contributed by atoms with Gasteiger partial charge in [-0.2, -0.15) is 0 Å². The van der Waals surface area contributed by atoms with E-state index in [9.17, 15) is 19.8 Å². The molecule has 0 spiro atoms. The summed E-state index contributed by atoms with van der Waals surface area (Å²) in [4.78, 5) is 31.7. The van der Waals surface area contributed by atoms with Crippen LogP contribution in [0, 0.1) is 0 Å². The summed E-state index contributed by atoms with van der Waals surface area (Å²) in [6, 6.07) is 21.4. The third-order valence-corrected chi connectivity index (χ3v) is 7.87. The molecule has 0 aliphatic heterocycles. The highest BCUT2D eigenvalue weighted by Gasteiger charge is 2.34. The van der Waals surface area contributed by atoms with Gasteiger partial charge in [0.25, 0.3) is 0 Å². The maximum Gasteiger partial charge on any atom is 0.0946 e. The Balaban J connectivity index is 0.000000248. The fourth-order valence-electron chi connectivity index (χ4n) is 5.24. The summed E-state index contributed by atoms with van der Waals surface area (Å²) < 4.78 is 4.30. The maximum atomic E-state index is 9.41. The fourth-order valence-corrected chi connectivity index (χ4v) is 5.24. The second-order valence-electron chi connectivity index (χ2n) is 10.7. The quantitative estimate of drug-likeness (QED) is 0.228. The second kappa shape index (κ2) is 17.5. The Morgan fingerprint density at radius 2 is 1.02 bits per heavy atom. The molecule has 0 saturated heterocycles. The lowest BCUT2D eigenvalue weighted by Crippen LogP contribution is -2.44. The minimum Gasteiger partial charge on any atom is -0.545 e. The van der Waals surface area contributed by atoms with Crippen molar-refractivity contribution in [1.82, 2.24) is 28.9 Å². The molecule has 2 atom stereocenters. The number of aliphatic carboxylic acids is 2. The van der Waals surface area contributed by atoms with Crippen molar-refractivity contribution in [3.63, 3.8) is 0 Å². The normalized spacial score (nSPS) is 13.7. The average Bonchev–Trinajstić information content (AvgIpc) is 3.73. The molecule has 2 heterocycles. The summed E-state index contributed by atoms with van der Waals surface area (Å²) in [5.41, 5.74) is 2.74. The van der Waals surface area contributed by atoms with Gasteiger partial charge in [-0.3, -0.25) is 9.80 Å². The molecule has 0 aliphatic carbocycles. The van der Waals surface area contributed by atoms with Crippen molar-refractivity contribution >= 4 is 11.9 Å². The highest BCUT2D eigenvalue weighted by atomic mass is 16.4. The van der Waals surface area contributed by atoms with E-state index >= 15 is 0 Å². The maximum absolute atomic E-state index is 9.41. The first-order chi connectivity index (χ1) is 21.0. The number of likely N-dealkylation sites (N-methyl/N-ethyl adjacent to an activating group) is 2. The summed E-state index contributed by atoms with van der Waals surface area (Å²) in [6.45, 7) is 6.31. The van der Waals surface area contributed by atoms with E-state index in [0.717, 1.165) is 25.9 Å². The molecular weight excluding hydrogens is 556 g/mol. The number of aromatic nitrogens is 4. The van der Waals surface area contributed by atoms with E-state index in [1.807, 2.05) is 37.4 Å². The largest absolute Gasteiger partial charge is 0.545 e. The van der Waals surface area contributed by atoms with E-state index in [1.165, 1.54) is 11.1 Å². The van der Waals surface area contributed by atoms with E-state index in [-0.39, 0.29) is 11.1 Å². The Morgan fingerprint density at radius 1 is 0.682 bits per heavy atom. The molecule has 2 aromatic carbocycles. The number of carbonyl (C=O) groups is 2. The number of rotatable bonds is 12. The van der Waals surface area contributed by atoms with Gasteiger partial charge in [0.15, 0.2) is 0 Å². The lowest BCUT2D eigenvalue weighted by Gasteiger charge is -2.40. The van der Waals surface area contributed by atoms with Crippen LogP contribution < -0.4 is 10.2 Å². The van der Waals surface area contributed by atoms with Crippen LogP contribution in [0.25, 0.3) is 0 Å².